The highest BCUT2D eigenvalue weighted by Gasteiger charge is 2.15. The first kappa shape index (κ1) is 21.5. The van der Waals surface area contributed by atoms with Gasteiger partial charge in [-0.1, -0.05) is 55.1 Å². The number of hydrogen-bond acceptors (Lipinski definition) is 3. The third-order valence-electron chi connectivity index (χ3n) is 3.87. The molecule has 1 amide bonds. The zero-order valence-electron chi connectivity index (χ0n) is 15.0. The Balaban J connectivity index is 1.96. The number of rotatable bonds is 9. The average molecular weight is 429 g/mol. The molecule has 146 valence electrons. The van der Waals surface area contributed by atoms with E-state index in [0.29, 0.717) is 12.2 Å². The maximum absolute atomic E-state index is 12.4. The summed E-state index contributed by atoms with van der Waals surface area (Å²) in [5.74, 6) is -0.0461. The van der Waals surface area contributed by atoms with Crippen LogP contribution in [0.3, 0.4) is 0 Å². The zero-order chi connectivity index (χ0) is 19.9. The largest absolute Gasteiger partial charge is 0.356 e. The van der Waals surface area contributed by atoms with Crippen molar-refractivity contribution >= 4 is 44.8 Å². The van der Waals surface area contributed by atoms with Gasteiger partial charge in [-0.05, 0) is 42.3 Å². The molecule has 0 heterocycles. The predicted octanol–water partition coefficient (Wildman–Crippen LogP) is 4.64. The van der Waals surface area contributed by atoms with Crippen LogP contribution >= 0.6 is 23.2 Å². The molecule has 0 aliphatic carbocycles. The second-order valence-corrected chi connectivity index (χ2v) is 8.61. The van der Waals surface area contributed by atoms with Crippen molar-refractivity contribution in [2.75, 3.05) is 11.3 Å². The third-order valence-corrected chi connectivity index (χ3v) is 5.99. The fourth-order valence-electron chi connectivity index (χ4n) is 2.40. The van der Waals surface area contributed by atoms with E-state index in [0.717, 1.165) is 24.8 Å². The van der Waals surface area contributed by atoms with Crippen molar-refractivity contribution in [2.45, 2.75) is 37.5 Å². The number of unbranched alkanes of at least 4 members (excludes halogenated alkanes) is 2. The van der Waals surface area contributed by atoms with Gasteiger partial charge in [0.15, 0.2) is 0 Å². The molecule has 0 bridgehead atoms. The van der Waals surface area contributed by atoms with Crippen LogP contribution in [0.5, 0.6) is 0 Å². The number of hydrogen-bond donors (Lipinski definition) is 2. The number of carbonyl (C=O) groups is 1. The molecule has 0 fully saturated rings. The minimum absolute atomic E-state index is 0.0208. The van der Waals surface area contributed by atoms with Gasteiger partial charge in [-0.25, -0.2) is 8.42 Å². The van der Waals surface area contributed by atoms with Crippen molar-refractivity contribution in [3.05, 3.63) is 58.1 Å². The van der Waals surface area contributed by atoms with Gasteiger partial charge >= 0.3 is 0 Å². The van der Waals surface area contributed by atoms with E-state index in [2.05, 4.69) is 17.0 Å². The summed E-state index contributed by atoms with van der Waals surface area (Å²) in [5, 5.41) is 3.33. The van der Waals surface area contributed by atoms with Crippen LogP contribution in [-0.2, 0) is 21.2 Å². The summed E-state index contributed by atoms with van der Waals surface area (Å²) in [6.07, 6.45) is 3.42. The molecule has 0 unspecified atom stereocenters. The van der Waals surface area contributed by atoms with Gasteiger partial charge in [-0.15, -0.1) is 0 Å². The van der Waals surface area contributed by atoms with E-state index in [1.54, 1.807) is 24.3 Å². The molecule has 8 heteroatoms. The maximum Gasteiger partial charge on any atom is 0.261 e. The summed E-state index contributed by atoms with van der Waals surface area (Å²) >= 11 is 11.7. The average Bonchev–Trinajstić information content (AvgIpc) is 2.62. The number of sulfonamides is 1. The highest BCUT2D eigenvalue weighted by molar-refractivity contribution is 7.92. The molecule has 0 saturated carbocycles. The lowest BCUT2D eigenvalue weighted by molar-refractivity contribution is -0.120. The summed E-state index contributed by atoms with van der Waals surface area (Å²) in [7, 11) is -3.78. The first-order valence-corrected chi connectivity index (χ1v) is 10.9. The van der Waals surface area contributed by atoms with Gasteiger partial charge in [-0.2, -0.15) is 0 Å². The van der Waals surface area contributed by atoms with Crippen LogP contribution in [-0.4, -0.2) is 20.9 Å². The van der Waals surface area contributed by atoms with Gasteiger partial charge in [0, 0.05) is 12.2 Å². The van der Waals surface area contributed by atoms with E-state index in [1.165, 1.54) is 18.2 Å². The van der Waals surface area contributed by atoms with Gasteiger partial charge in [0.1, 0.15) is 0 Å². The van der Waals surface area contributed by atoms with E-state index < -0.39 is 10.0 Å². The second kappa shape index (κ2) is 9.97. The fourth-order valence-corrected chi connectivity index (χ4v) is 3.85. The molecule has 0 radical (unpaired) electrons. The Labute approximate surface area is 170 Å². The first-order valence-electron chi connectivity index (χ1n) is 8.65. The Morgan fingerprint density at radius 2 is 1.70 bits per heavy atom. The topological polar surface area (TPSA) is 75.3 Å². The highest BCUT2D eigenvalue weighted by Crippen LogP contribution is 2.26. The molecule has 27 heavy (non-hydrogen) atoms. The quantitative estimate of drug-likeness (QED) is 0.570. The smallest absolute Gasteiger partial charge is 0.261 e. The molecule has 0 aliphatic rings. The normalized spacial score (nSPS) is 11.2. The molecule has 0 aliphatic heterocycles. The molecule has 2 aromatic rings. The standard InChI is InChI=1S/C19H22Cl2N2O3S/c1-2-3-4-11-22-19(24)12-14-5-7-15(8-6-14)23-27(25,26)16-9-10-17(20)18(21)13-16/h5-10,13,23H,2-4,11-12H2,1H3,(H,22,24). The number of halogens is 2. The van der Waals surface area contributed by atoms with Crippen molar-refractivity contribution in [2.24, 2.45) is 0 Å². The number of carbonyl (C=O) groups excluding carboxylic acids is 1. The van der Waals surface area contributed by atoms with Crippen molar-refractivity contribution in [3.8, 4) is 0 Å². The summed E-state index contributed by atoms with van der Waals surface area (Å²) in [6.45, 7) is 2.79. The van der Waals surface area contributed by atoms with Crippen LogP contribution in [0.1, 0.15) is 31.7 Å². The molecule has 0 spiro atoms. The Kier molecular flexibility index (Phi) is 7.95. The monoisotopic (exact) mass is 428 g/mol. The molecular formula is C19H22Cl2N2O3S. The SMILES string of the molecule is CCCCCNC(=O)Cc1ccc(NS(=O)(=O)c2ccc(Cl)c(Cl)c2)cc1. The lowest BCUT2D eigenvalue weighted by atomic mass is 10.1. The molecule has 5 nitrogen and oxygen atoms in total. The van der Waals surface area contributed by atoms with E-state index >= 15 is 0 Å². The fraction of sp³-hybridized carbons (Fsp3) is 0.316. The van der Waals surface area contributed by atoms with Crippen molar-refractivity contribution < 1.29 is 13.2 Å². The van der Waals surface area contributed by atoms with Gasteiger partial charge in [-0.3, -0.25) is 9.52 Å². The lowest BCUT2D eigenvalue weighted by Gasteiger charge is -2.10. The van der Waals surface area contributed by atoms with Crippen molar-refractivity contribution in [1.29, 1.82) is 0 Å². The highest BCUT2D eigenvalue weighted by atomic mass is 35.5. The Morgan fingerprint density at radius 1 is 1.00 bits per heavy atom. The van der Waals surface area contributed by atoms with Gasteiger partial charge in [0.2, 0.25) is 5.91 Å². The van der Waals surface area contributed by atoms with Crippen molar-refractivity contribution in [3.63, 3.8) is 0 Å². The molecule has 2 rings (SSSR count). The molecular weight excluding hydrogens is 407 g/mol. The zero-order valence-corrected chi connectivity index (χ0v) is 17.3. The lowest BCUT2D eigenvalue weighted by Crippen LogP contribution is -2.26. The van der Waals surface area contributed by atoms with E-state index in [9.17, 15) is 13.2 Å². The van der Waals surface area contributed by atoms with Crippen LogP contribution in [0.4, 0.5) is 5.69 Å². The van der Waals surface area contributed by atoms with Crippen LogP contribution in [0.15, 0.2) is 47.4 Å². The molecule has 2 aromatic carbocycles. The predicted molar refractivity (Wildman–Crippen MR) is 110 cm³/mol. The van der Waals surface area contributed by atoms with Gasteiger partial charge < -0.3 is 5.32 Å². The Hall–Kier alpha value is -1.76. The molecule has 0 atom stereocenters. The number of anilines is 1. The number of benzene rings is 2. The van der Waals surface area contributed by atoms with Crippen LogP contribution in [0.2, 0.25) is 10.0 Å². The van der Waals surface area contributed by atoms with Crippen LogP contribution in [0.25, 0.3) is 0 Å². The van der Waals surface area contributed by atoms with E-state index in [4.69, 9.17) is 23.2 Å². The number of nitrogens with one attached hydrogen (secondary N) is 2. The molecule has 2 N–H and O–H groups in total. The summed E-state index contributed by atoms with van der Waals surface area (Å²) in [4.78, 5) is 11.9. The summed E-state index contributed by atoms with van der Waals surface area (Å²) < 4.78 is 27.3. The number of amides is 1. The minimum atomic E-state index is -3.78. The van der Waals surface area contributed by atoms with E-state index in [1.807, 2.05) is 0 Å². The first-order chi connectivity index (χ1) is 12.8. The Bertz CT molecular complexity index is 884. The van der Waals surface area contributed by atoms with Crippen LogP contribution in [0, 0.1) is 0 Å². The van der Waals surface area contributed by atoms with Crippen molar-refractivity contribution in [1.82, 2.24) is 5.32 Å². The Morgan fingerprint density at radius 3 is 2.33 bits per heavy atom. The summed E-state index contributed by atoms with van der Waals surface area (Å²) in [6, 6.07) is 10.8. The van der Waals surface area contributed by atoms with Crippen LogP contribution < -0.4 is 10.0 Å². The molecule has 0 aromatic heterocycles. The molecule has 0 saturated heterocycles. The third kappa shape index (κ3) is 6.72. The van der Waals surface area contributed by atoms with E-state index in [-0.39, 0.29) is 27.3 Å². The van der Waals surface area contributed by atoms with Gasteiger partial charge in [0.25, 0.3) is 10.0 Å². The van der Waals surface area contributed by atoms with Gasteiger partial charge in [0.05, 0.1) is 21.4 Å². The second-order valence-electron chi connectivity index (χ2n) is 6.11. The summed E-state index contributed by atoms with van der Waals surface area (Å²) in [5.41, 5.74) is 1.20. The minimum Gasteiger partial charge on any atom is -0.356 e. The maximum atomic E-state index is 12.4.